The summed E-state index contributed by atoms with van der Waals surface area (Å²) in [5, 5.41) is 2.83. The van der Waals surface area contributed by atoms with Gasteiger partial charge >= 0.3 is 0 Å². The molecule has 1 saturated carbocycles. The van der Waals surface area contributed by atoms with Gasteiger partial charge in [-0.15, -0.1) is 12.4 Å². The highest BCUT2D eigenvalue weighted by atomic mass is 35.5. The molecule has 1 unspecified atom stereocenters. The number of ether oxygens (including phenoxy) is 1. The summed E-state index contributed by atoms with van der Waals surface area (Å²) in [5.41, 5.74) is 5.81. The molecule has 1 aromatic rings. The molecule has 0 aromatic heterocycles. The van der Waals surface area contributed by atoms with Crippen LogP contribution in [0.25, 0.3) is 0 Å². The van der Waals surface area contributed by atoms with Crippen LogP contribution in [0.2, 0.25) is 0 Å². The standard InChI is InChI=1S/C14H19FN2O2.ClH/c1-9(17-13(18)14(16)6-3-7-14)11-8-10(15)4-5-12(11)19-2;/h4-5,8-9H,3,6-7,16H2,1-2H3,(H,17,18);1H. The smallest absolute Gasteiger partial charge is 0.240 e. The van der Waals surface area contributed by atoms with Crippen molar-refractivity contribution in [1.29, 1.82) is 0 Å². The highest BCUT2D eigenvalue weighted by Gasteiger charge is 2.40. The molecule has 1 aliphatic rings. The number of methoxy groups -OCH3 is 1. The van der Waals surface area contributed by atoms with E-state index in [1.54, 1.807) is 13.0 Å². The number of nitrogens with two attached hydrogens (primary N) is 1. The minimum Gasteiger partial charge on any atom is -0.496 e. The average Bonchev–Trinajstić information content (AvgIpc) is 2.35. The van der Waals surface area contributed by atoms with Gasteiger partial charge in [0.25, 0.3) is 0 Å². The first-order valence-corrected chi connectivity index (χ1v) is 6.39. The van der Waals surface area contributed by atoms with Gasteiger partial charge < -0.3 is 15.8 Å². The third-order valence-corrected chi connectivity index (χ3v) is 3.70. The lowest BCUT2D eigenvalue weighted by Gasteiger charge is -2.37. The molecule has 0 radical (unpaired) electrons. The zero-order valence-electron chi connectivity index (χ0n) is 11.6. The third-order valence-electron chi connectivity index (χ3n) is 3.70. The topological polar surface area (TPSA) is 64.3 Å². The van der Waals surface area contributed by atoms with Gasteiger partial charge in [0.2, 0.25) is 5.91 Å². The number of benzene rings is 1. The first kappa shape index (κ1) is 16.7. The van der Waals surface area contributed by atoms with Gasteiger partial charge in [0, 0.05) is 5.56 Å². The van der Waals surface area contributed by atoms with Crippen molar-refractivity contribution < 1.29 is 13.9 Å². The second kappa shape index (κ2) is 6.41. The molecule has 1 amide bonds. The normalized spacial score (nSPS) is 17.4. The molecule has 0 spiro atoms. The maximum absolute atomic E-state index is 13.3. The van der Waals surface area contributed by atoms with Crippen molar-refractivity contribution in [3.8, 4) is 5.75 Å². The van der Waals surface area contributed by atoms with Crippen molar-refractivity contribution in [3.63, 3.8) is 0 Å². The molecule has 112 valence electrons. The van der Waals surface area contributed by atoms with Gasteiger partial charge in [-0.25, -0.2) is 4.39 Å². The van der Waals surface area contributed by atoms with Crippen molar-refractivity contribution in [1.82, 2.24) is 5.32 Å². The van der Waals surface area contributed by atoms with E-state index in [1.807, 2.05) is 0 Å². The van der Waals surface area contributed by atoms with Crippen LogP contribution in [-0.4, -0.2) is 18.6 Å². The van der Waals surface area contributed by atoms with Gasteiger partial charge in [0.1, 0.15) is 11.6 Å². The monoisotopic (exact) mass is 302 g/mol. The van der Waals surface area contributed by atoms with E-state index in [-0.39, 0.29) is 30.2 Å². The van der Waals surface area contributed by atoms with Crippen LogP contribution in [0.3, 0.4) is 0 Å². The number of hydrogen-bond donors (Lipinski definition) is 2. The second-order valence-corrected chi connectivity index (χ2v) is 5.09. The van der Waals surface area contributed by atoms with E-state index in [9.17, 15) is 9.18 Å². The summed E-state index contributed by atoms with van der Waals surface area (Å²) < 4.78 is 18.5. The van der Waals surface area contributed by atoms with Gasteiger partial charge in [-0.1, -0.05) is 0 Å². The van der Waals surface area contributed by atoms with Crippen LogP contribution in [0.1, 0.15) is 37.8 Å². The molecule has 2 rings (SSSR count). The summed E-state index contributed by atoms with van der Waals surface area (Å²) >= 11 is 0. The van der Waals surface area contributed by atoms with Crippen LogP contribution >= 0.6 is 12.4 Å². The Labute approximate surface area is 124 Å². The lowest BCUT2D eigenvalue weighted by Crippen LogP contribution is -2.58. The molecule has 0 saturated heterocycles. The molecule has 6 heteroatoms. The van der Waals surface area contributed by atoms with Crippen molar-refractivity contribution in [3.05, 3.63) is 29.6 Å². The van der Waals surface area contributed by atoms with E-state index in [0.717, 1.165) is 6.42 Å². The minimum atomic E-state index is -0.755. The van der Waals surface area contributed by atoms with Gasteiger partial charge in [0.15, 0.2) is 0 Å². The Morgan fingerprint density at radius 1 is 1.50 bits per heavy atom. The van der Waals surface area contributed by atoms with Crippen LogP contribution in [-0.2, 0) is 4.79 Å². The van der Waals surface area contributed by atoms with Gasteiger partial charge in [0.05, 0.1) is 18.7 Å². The predicted octanol–water partition coefficient (Wildman–Crippen LogP) is 2.31. The molecule has 0 aliphatic heterocycles. The van der Waals surface area contributed by atoms with Crippen molar-refractivity contribution >= 4 is 18.3 Å². The fourth-order valence-electron chi connectivity index (χ4n) is 2.25. The van der Waals surface area contributed by atoms with Crippen LogP contribution < -0.4 is 15.8 Å². The molecule has 1 fully saturated rings. The van der Waals surface area contributed by atoms with E-state index in [2.05, 4.69) is 5.32 Å². The highest BCUT2D eigenvalue weighted by molar-refractivity contribution is 5.87. The second-order valence-electron chi connectivity index (χ2n) is 5.09. The maximum atomic E-state index is 13.3. The Morgan fingerprint density at radius 3 is 2.65 bits per heavy atom. The molecule has 0 heterocycles. The summed E-state index contributed by atoms with van der Waals surface area (Å²) in [6.07, 6.45) is 2.37. The Morgan fingerprint density at radius 2 is 2.15 bits per heavy atom. The fourth-order valence-corrected chi connectivity index (χ4v) is 2.25. The summed E-state index contributed by atoms with van der Waals surface area (Å²) in [5.74, 6) is 0.00875. The highest BCUT2D eigenvalue weighted by Crippen LogP contribution is 2.31. The zero-order valence-corrected chi connectivity index (χ0v) is 12.4. The molecular formula is C14H20ClFN2O2. The first-order chi connectivity index (χ1) is 8.96. The number of nitrogens with one attached hydrogen (secondary N) is 1. The van der Waals surface area contributed by atoms with E-state index in [1.165, 1.54) is 19.2 Å². The summed E-state index contributed by atoms with van der Waals surface area (Å²) in [6, 6.07) is 3.90. The van der Waals surface area contributed by atoms with Gasteiger partial charge in [-0.05, 0) is 44.4 Å². The lowest BCUT2D eigenvalue weighted by atomic mass is 9.77. The number of hydrogen-bond acceptors (Lipinski definition) is 3. The molecule has 1 aromatic carbocycles. The lowest BCUT2D eigenvalue weighted by molar-refractivity contribution is -0.129. The summed E-state index contributed by atoms with van der Waals surface area (Å²) in [4.78, 5) is 12.0. The molecule has 1 aliphatic carbocycles. The zero-order chi connectivity index (χ0) is 14.0. The van der Waals surface area contributed by atoms with Crippen LogP contribution in [0.15, 0.2) is 18.2 Å². The Hall–Kier alpha value is -1.33. The molecule has 1 atom stereocenters. The van der Waals surface area contributed by atoms with Crippen LogP contribution in [0.4, 0.5) is 4.39 Å². The SMILES string of the molecule is COc1ccc(F)cc1C(C)NC(=O)C1(N)CCC1.Cl. The molecule has 0 bridgehead atoms. The van der Waals surface area contributed by atoms with Crippen molar-refractivity contribution in [2.24, 2.45) is 5.73 Å². The fraction of sp³-hybridized carbons (Fsp3) is 0.500. The summed E-state index contributed by atoms with van der Waals surface area (Å²) in [7, 11) is 1.52. The Bertz CT molecular complexity index is 492. The van der Waals surface area contributed by atoms with Crippen LogP contribution in [0.5, 0.6) is 5.75 Å². The quantitative estimate of drug-likeness (QED) is 0.897. The average molecular weight is 303 g/mol. The van der Waals surface area contributed by atoms with Gasteiger partial charge in [-0.3, -0.25) is 4.79 Å². The molecular weight excluding hydrogens is 283 g/mol. The van der Waals surface area contributed by atoms with Crippen LogP contribution in [0, 0.1) is 5.82 Å². The minimum absolute atomic E-state index is 0. The first-order valence-electron chi connectivity index (χ1n) is 6.39. The van der Waals surface area contributed by atoms with E-state index >= 15 is 0 Å². The number of rotatable bonds is 4. The Kier molecular flexibility index (Phi) is 5.36. The summed E-state index contributed by atoms with van der Waals surface area (Å²) in [6.45, 7) is 1.79. The molecule has 20 heavy (non-hydrogen) atoms. The van der Waals surface area contributed by atoms with E-state index in [4.69, 9.17) is 10.5 Å². The molecule has 4 nitrogen and oxygen atoms in total. The van der Waals surface area contributed by atoms with E-state index in [0.29, 0.717) is 24.2 Å². The Balaban J connectivity index is 0.00000200. The van der Waals surface area contributed by atoms with Gasteiger partial charge in [-0.2, -0.15) is 0 Å². The van der Waals surface area contributed by atoms with E-state index < -0.39 is 5.54 Å². The maximum Gasteiger partial charge on any atom is 0.240 e. The van der Waals surface area contributed by atoms with Crippen molar-refractivity contribution in [2.75, 3.05) is 7.11 Å². The number of halogens is 2. The predicted molar refractivity (Wildman–Crippen MR) is 77.5 cm³/mol. The number of amides is 1. The third kappa shape index (κ3) is 3.22. The largest absolute Gasteiger partial charge is 0.496 e. The number of carbonyl (C=O) groups is 1. The van der Waals surface area contributed by atoms with Crippen molar-refractivity contribution in [2.45, 2.75) is 37.8 Å². The molecule has 3 N–H and O–H groups in total. The number of carbonyl (C=O) groups excluding carboxylic acids is 1.